The average molecular weight is 267 g/mol. The van der Waals surface area contributed by atoms with Crippen LogP contribution in [-0.4, -0.2) is 15.0 Å². The maximum absolute atomic E-state index is 6.05. The van der Waals surface area contributed by atoms with E-state index in [0.29, 0.717) is 16.7 Å². The van der Waals surface area contributed by atoms with E-state index in [1.807, 2.05) is 6.92 Å². The van der Waals surface area contributed by atoms with E-state index in [1.54, 1.807) is 25.3 Å². The van der Waals surface area contributed by atoms with Crippen molar-refractivity contribution < 1.29 is 0 Å². The zero-order valence-electron chi connectivity index (χ0n) is 9.44. The highest BCUT2D eigenvalue weighted by Crippen LogP contribution is 2.32. The average Bonchev–Trinajstić information content (AvgIpc) is 2.28. The van der Waals surface area contributed by atoms with Crippen LogP contribution < -0.4 is 5.73 Å². The molecule has 17 heavy (non-hydrogen) atoms. The highest BCUT2D eigenvalue weighted by Gasteiger charge is 2.11. The van der Waals surface area contributed by atoms with Gasteiger partial charge in [-0.05, 0) is 37.7 Å². The lowest BCUT2D eigenvalue weighted by molar-refractivity contribution is 0.943. The number of aromatic nitrogens is 3. The summed E-state index contributed by atoms with van der Waals surface area (Å²) in [5, 5.41) is 2.11. The van der Waals surface area contributed by atoms with Crippen molar-refractivity contribution in [3.05, 3.63) is 34.7 Å². The monoisotopic (exact) mass is 266 g/mol. The molecule has 0 atom stereocenters. The highest BCUT2D eigenvalue weighted by atomic mass is 35.5. The summed E-state index contributed by atoms with van der Waals surface area (Å²) in [4.78, 5) is 12.6. The fourth-order valence-corrected chi connectivity index (χ4v) is 2.40. The molecule has 0 amide bonds. The largest absolute Gasteiger partial charge is 0.383 e. The molecule has 0 saturated carbocycles. The molecule has 2 rings (SSSR count). The fraction of sp³-hybridized carbons (Fsp3) is 0.182. The van der Waals surface area contributed by atoms with Gasteiger partial charge in [-0.3, -0.25) is 0 Å². The maximum Gasteiger partial charge on any atom is 0.131 e. The summed E-state index contributed by atoms with van der Waals surface area (Å²) < 4.78 is 0. The van der Waals surface area contributed by atoms with Crippen LogP contribution in [0.25, 0.3) is 0 Å². The molecule has 0 saturated heterocycles. The van der Waals surface area contributed by atoms with Crippen molar-refractivity contribution in [2.24, 2.45) is 0 Å². The molecule has 0 fully saturated rings. The summed E-state index contributed by atoms with van der Waals surface area (Å²) in [7, 11) is 0. The van der Waals surface area contributed by atoms with Gasteiger partial charge in [-0.15, -0.1) is 0 Å². The van der Waals surface area contributed by atoms with Gasteiger partial charge in [-0.1, -0.05) is 11.6 Å². The molecule has 0 unspecified atom stereocenters. The third-order valence-corrected chi connectivity index (χ3v) is 3.70. The zero-order valence-corrected chi connectivity index (χ0v) is 11.0. The molecule has 2 aromatic rings. The third-order valence-electron chi connectivity index (χ3n) is 2.17. The Hall–Kier alpha value is -1.33. The lowest BCUT2D eigenvalue weighted by Gasteiger charge is -2.07. The maximum atomic E-state index is 6.05. The van der Waals surface area contributed by atoms with Gasteiger partial charge in [0.1, 0.15) is 21.7 Å². The van der Waals surface area contributed by atoms with Gasteiger partial charge < -0.3 is 5.73 Å². The van der Waals surface area contributed by atoms with E-state index in [1.165, 1.54) is 11.8 Å². The summed E-state index contributed by atoms with van der Waals surface area (Å²) in [5.74, 6) is 1.13. The van der Waals surface area contributed by atoms with Crippen LogP contribution in [0, 0.1) is 13.8 Å². The Morgan fingerprint density at radius 3 is 2.71 bits per heavy atom. The highest BCUT2D eigenvalue weighted by molar-refractivity contribution is 7.99. The van der Waals surface area contributed by atoms with Gasteiger partial charge in [0, 0.05) is 11.8 Å². The van der Waals surface area contributed by atoms with Crippen LogP contribution in [0.5, 0.6) is 0 Å². The van der Waals surface area contributed by atoms with Crippen LogP contribution in [0.3, 0.4) is 0 Å². The molecule has 0 aliphatic heterocycles. The van der Waals surface area contributed by atoms with Crippen molar-refractivity contribution in [2.45, 2.75) is 23.9 Å². The number of hydrogen-bond donors (Lipinski definition) is 1. The first-order chi connectivity index (χ1) is 8.08. The summed E-state index contributed by atoms with van der Waals surface area (Å²) in [6.45, 7) is 3.69. The van der Waals surface area contributed by atoms with Crippen molar-refractivity contribution in [3.8, 4) is 0 Å². The normalized spacial score (nSPS) is 10.5. The Labute approximate surface area is 109 Å². The van der Waals surface area contributed by atoms with E-state index < -0.39 is 0 Å². The van der Waals surface area contributed by atoms with E-state index in [9.17, 15) is 0 Å². The first kappa shape index (κ1) is 12.1. The molecule has 0 spiro atoms. The van der Waals surface area contributed by atoms with Gasteiger partial charge in [0.05, 0.1) is 5.02 Å². The zero-order chi connectivity index (χ0) is 12.4. The Morgan fingerprint density at radius 2 is 2.00 bits per heavy atom. The van der Waals surface area contributed by atoms with E-state index in [-0.39, 0.29) is 0 Å². The predicted molar refractivity (Wildman–Crippen MR) is 69.3 cm³/mol. The van der Waals surface area contributed by atoms with Crippen molar-refractivity contribution in [3.63, 3.8) is 0 Å². The summed E-state index contributed by atoms with van der Waals surface area (Å²) >= 11 is 7.44. The minimum atomic E-state index is 0.493. The number of rotatable bonds is 2. The number of nitrogens with zero attached hydrogens (tertiary/aromatic N) is 3. The second-order valence-electron chi connectivity index (χ2n) is 3.48. The Balaban J connectivity index is 2.40. The summed E-state index contributed by atoms with van der Waals surface area (Å²) in [6, 6.07) is 3.59. The standard InChI is InChI=1S/C11H11ClN4S/c1-6-9(13)15-7(2)16-10(6)17-11-8(12)4-3-5-14-11/h3-5H,1-2H3,(H2,13,15,16). The van der Waals surface area contributed by atoms with Gasteiger partial charge in [0.2, 0.25) is 0 Å². The molecule has 0 radical (unpaired) electrons. The second kappa shape index (κ2) is 4.89. The smallest absolute Gasteiger partial charge is 0.131 e. The van der Waals surface area contributed by atoms with Crippen LogP contribution in [-0.2, 0) is 0 Å². The molecule has 0 bridgehead atoms. The fourth-order valence-electron chi connectivity index (χ4n) is 1.26. The predicted octanol–water partition coefficient (Wildman–Crippen LogP) is 2.88. The molecule has 2 heterocycles. The Morgan fingerprint density at radius 1 is 1.24 bits per heavy atom. The molecule has 4 nitrogen and oxygen atoms in total. The molecule has 2 N–H and O–H groups in total. The minimum Gasteiger partial charge on any atom is -0.383 e. The van der Waals surface area contributed by atoms with Gasteiger partial charge in [0.25, 0.3) is 0 Å². The molecular weight excluding hydrogens is 256 g/mol. The number of nitrogens with two attached hydrogens (primary N) is 1. The van der Waals surface area contributed by atoms with Gasteiger partial charge in [-0.25, -0.2) is 15.0 Å². The van der Waals surface area contributed by atoms with E-state index in [0.717, 1.165) is 15.6 Å². The van der Waals surface area contributed by atoms with Crippen molar-refractivity contribution >= 4 is 29.2 Å². The number of pyridine rings is 1. The van der Waals surface area contributed by atoms with Gasteiger partial charge in [0.15, 0.2) is 0 Å². The summed E-state index contributed by atoms with van der Waals surface area (Å²) in [6.07, 6.45) is 1.70. The first-order valence-electron chi connectivity index (χ1n) is 4.97. The molecule has 2 aromatic heterocycles. The van der Waals surface area contributed by atoms with E-state index >= 15 is 0 Å². The molecular formula is C11H11ClN4S. The number of anilines is 1. The van der Waals surface area contributed by atoms with Gasteiger partial charge >= 0.3 is 0 Å². The number of aryl methyl sites for hydroxylation is 1. The number of hydrogen-bond acceptors (Lipinski definition) is 5. The SMILES string of the molecule is Cc1nc(N)c(C)c(Sc2ncccc2Cl)n1. The van der Waals surface area contributed by atoms with Crippen LogP contribution >= 0.6 is 23.4 Å². The van der Waals surface area contributed by atoms with E-state index in [4.69, 9.17) is 17.3 Å². The quantitative estimate of drug-likeness (QED) is 0.847. The van der Waals surface area contributed by atoms with Crippen LogP contribution in [0.4, 0.5) is 5.82 Å². The lowest BCUT2D eigenvalue weighted by atomic mass is 10.3. The minimum absolute atomic E-state index is 0.493. The first-order valence-corrected chi connectivity index (χ1v) is 6.16. The summed E-state index contributed by atoms with van der Waals surface area (Å²) in [5.41, 5.74) is 6.64. The Kier molecular flexibility index (Phi) is 3.49. The topological polar surface area (TPSA) is 64.7 Å². The van der Waals surface area contributed by atoms with Crippen molar-refractivity contribution in [2.75, 3.05) is 5.73 Å². The van der Waals surface area contributed by atoms with Crippen molar-refractivity contribution in [1.82, 2.24) is 15.0 Å². The van der Waals surface area contributed by atoms with Crippen LogP contribution in [0.2, 0.25) is 5.02 Å². The molecule has 0 aromatic carbocycles. The molecule has 6 heteroatoms. The number of halogens is 1. The molecule has 0 aliphatic carbocycles. The number of nitrogen functional groups attached to an aromatic ring is 1. The molecule has 88 valence electrons. The van der Waals surface area contributed by atoms with Crippen LogP contribution in [0.15, 0.2) is 28.4 Å². The molecule has 0 aliphatic rings. The van der Waals surface area contributed by atoms with Crippen molar-refractivity contribution in [1.29, 1.82) is 0 Å². The third kappa shape index (κ3) is 2.68. The Bertz CT molecular complexity index is 559. The second-order valence-corrected chi connectivity index (χ2v) is 4.86. The van der Waals surface area contributed by atoms with Gasteiger partial charge in [-0.2, -0.15) is 0 Å². The lowest BCUT2D eigenvalue weighted by Crippen LogP contribution is -2.01. The van der Waals surface area contributed by atoms with E-state index in [2.05, 4.69) is 15.0 Å². The van der Waals surface area contributed by atoms with Crippen LogP contribution in [0.1, 0.15) is 11.4 Å².